The Morgan fingerprint density at radius 1 is 1.05 bits per heavy atom. The summed E-state index contributed by atoms with van der Waals surface area (Å²) in [5.41, 5.74) is 0. The van der Waals surface area contributed by atoms with Crippen molar-refractivity contribution >= 4 is 10.8 Å². The Morgan fingerprint density at radius 3 is 2.38 bits per heavy atom. The van der Waals surface area contributed by atoms with E-state index in [0.29, 0.717) is 12.5 Å². The van der Waals surface area contributed by atoms with Crippen molar-refractivity contribution in [1.29, 1.82) is 0 Å². The summed E-state index contributed by atoms with van der Waals surface area (Å²) in [6, 6.07) is 2.75. The highest BCUT2D eigenvalue weighted by Crippen LogP contribution is 2.36. The fourth-order valence-corrected chi connectivity index (χ4v) is 1.87. The maximum atomic E-state index is 14.2. The smallest absolute Gasteiger partial charge is 0.387 e. The van der Waals surface area contributed by atoms with Gasteiger partial charge in [0, 0.05) is 11.5 Å². The zero-order valence-electron chi connectivity index (χ0n) is 10.9. The van der Waals surface area contributed by atoms with Gasteiger partial charge >= 0.3 is 6.61 Å². The van der Waals surface area contributed by atoms with Gasteiger partial charge in [0.15, 0.2) is 23.2 Å². The first kappa shape index (κ1) is 15.3. The van der Waals surface area contributed by atoms with Crippen molar-refractivity contribution in [3.05, 3.63) is 35.7 Å². The quantitative estimate of drug-likeness (QED) is 0.749. The lowest BCUT2D eigenvalue weighted by Crippen LogP contribution is -2.05. The molecule has 0 aliphatic rings. The molecule has 0 fully saturated rings. The van der Waals surface area contributed by atoms with Crippen molar-refractivity contribution in [2.24, 2.45) is 0 Å². The molecule has 0 aliphatic heterocycles. The molecule has 2 aromatic carbocycles. The Kier molecular flexibility index (Phi) is 4.50. The van der Waals surface area contributed by atoms with Gasteiger partial charge in [0.2, 0.25) is 0 Å². The molecule has 0 unspecified atom stereocenters. The molecule has 21 heavy (non-hydrogen) atoms. The summed E-state index contributed by atoms with van der Waals surface area (Å²) < 4.78 is 75.0. The largest absolute Gasteiger partial charge is 0.491 e. The second-order valence-corrected chi connectivity index (χ2v) is 4.20. The molecule has 0 spiro atoms. The van der Waals surface area contributed by atoms with Crippen LogP contribution in [0.1, 0.15) is 13.3 Å². The molecule has 2 aromatic rings. The molecule has 2 rings (SSSR count). The number of hydrogen-bond acceptors (Lipinski definition) is 2. The molecular formula is C14H11F5O2. The van der Waals surface area contributed by atoms with Crippen LogP contribution in [-0.4, -0.2) is 13.2 Å². The number of alkyl halides is 2. The molecule has 0 amide bonds. The Bertz CT molecular complexity index is 658. The topological polar surface area (TPSA) is 18.5 Å². The molecule has 0 aromatic heterocycles. The van der Waals surface area contributed by atoms with Crippen LogP contribution in [0.5, 0.6) is 11.5 Å². The van der Waals surface area contributed by atoms with E-state index < -0.39 is 35.2 Å². The Labute approximate surface area is 117 Å². The molecule has 0 saturated carbocycles. The summed E-state index contributed by atoms with van der Waals surface area (Å²) in [6.45, 7) is -1.27. The monoisotopic (exact) mass is 306 g/mol. The van der Waals surface area contributed by atoms with Gasteiger partial charge < -0.3 is 9.47 Å². The van der Waals surface area contributed by atoms with Crippen LogP contribution in [0.25, 0.3) is 10.8 Å². The fourth-order valence-electron chi connectivity index (χ4n) is 1.87. The normalized spacial score (nSPS) is 11.2. The van der Waals surface area contributed by atoms with Gasteiger partial charge in [0.1, 0.15) is 5.75 Å². The fraction of sp³-hybridized carbons (Fsp3) is 0.286. The van der Waals surface area contributed by atoms with Crippen LogP contribution in [0.2, 0.25) is 0 Å². The zero-order valence-corrected chi connectivity index (χ0v) is 10.9. The van der Waals surface area contributed by atoms with Gasteiger partial charge in [-0.3, -0.25) is 0 Å². The average molecular weight is 306 g/mol. The Balaban J connectivity index is 2.65. The van der Waals surface area contributed by atoms with Crippen molar-refractivity contribution in [1.82, 2.24) is 0 Å². The molecule has 0 aliphatic carbocycles. The second kappa shape index (κ2) is 6.15. The first-order chi connectivity index (χ1) is 9.95. The lowest BCUT2D eigenvalue weighted by Gasteiger charge is -2.13. The van der Waals surface area contributed by atoms with Crippen LogP contribution in [0.3, 0.4) is 0 Å². The van der Waals surface area contributed by atoms with Crippen molar-refractivity contribution in [3.63, 3.8) is 0 Å². The molecule has 0 atom stereocenters. The van der Waals surface area contributed by atoms with Gasteiger partial charge in [-0.2, -0.15) is 8.78 Å². The van der Waals surface area contributed by atoms with Crippen molar-refractivity contribution in [3.8, 4) is 11.5 Å². The van der Waals surface area contributed by atoms with Gasteiger partial charge in [0.25, 0.3) is 0 Å². The third kappa shape index (κ3) is 3.01. The SMILES string of the molecule is CCCOc1ccc2c(OC(F)F)cc(F)c(F)c2c1F. The molecule has 0 radical (unpaired) electrons. The zero-order chi connectivity index (χ0) is 15.6. The van der Waals surface area contributed by atoms with E-state index in [1.165, 1.54) is 0 Å². The predicted molar refractivity (Wildman–Crippen MR) is 66.2 cm³/mol. The number of fused-ring (bicyclic) bond motifs is 1. The van der Waals surface area contributed by atoms with Crippen molar-refractivity contribution in [2.75, 3.05) is 6.61 Å². The number of halogens is 5. The highest BCUT2D eigenvalue weighted by molar-refractivity contribution is 5.90. The van der Waals surface area contributed by atoms with Crippen molar-refractivity contribution in [2.45, 2.75) is 20.0 Å². The summed E-state index contributed by atoms with van der Waals surface area (Å²) in [5.74, 6) is -5.04. The Hall–Kier alpha value is -2.05. The van der Waals surface area contributed by atoms with Gasteiger partial charge in [0.05, 0.1) is 12.0 Å². The van der Waals surface area contributed by atoms with Crippen LogP contribution in [0.15, 0.2) is 18.2 Å². The van der Waals surface area contributed by atoms with Gasteiger partial charge in [-0.05, 0) is 18.6 Å². The van der Waals surface area contributed by atoms with Crippen LogP contribution in [0.4, 0.5) is 22.0 Å². The van der Waals surface area contributed by atoms with E-state index in [0.717, 1.165) is 12.1 Å². The maximum absolute atomic E-state index is 14.2. The van der Waals surface area contributed by atoms with E-state index in [2.05, 4.69) is 4.74 Å². The minimum Gasteiger partial charge on any atom is -0.491 e. The number of benzene rings is 2. The van der Waals surface area contributed by atoms with Crippen LogP contribution in [-0.2, 0) is 0 Å². The number of hydrogen-bond donors (Lipinski definition) is 0. The van der Waals surface area contributed by atoms with E-state index >= 15 is 0 Å². The summed E-state index contributed by atoms with van der Waals surface area (Å²) in [4.78, 5) is 0. The molecule has 114 valence electrons. The third-order valence-corrected chi connectivity index (χ3v) is 2.74. The lowest BCUT2D eigenvalue weighted by molar-refractivity contribution is -0.0489. The molecule has 7 heteroatoms. The summed E-state index contributed by atoms with van der Waals surface area (Å²) in [7, 11) is 0. The molecular weight excluding hydrogens is 295 g/mol. The predicted octanol–water partition coefficient (Wildman–Crippen LogP) is 4.65. The first-order valence-electron chi connectivity index (χ1n) is 6.13. The lowest BCUT2D eigenvalue weighted by atomic mass is 10.1. The maximum Gasteiger partial charge on any atom is 0.387 e. The van der Waals surface area contributed by atoms with E-state index in [-0.39, 0.29) is 17.7 Å². The third-order valence-electron chi connectivity index (χ3n) is 2.74. The van der Waals surface area contributed by atoms with Gasteiger partial charge in [-0.25, -0.2) is 13.2 Å². The highest BCUT2D eigenvalue weighted by Gasteiger charge is 2.21. The molecule has 0 N–H and O–H groups in total. The van der Waals surface area contributed by atoms with Crippen molar-refractivity contribution < 1.29 is 31.4 Å². The minimum atomic E-state index is -3.24. The molecule has 0 heterocycles. The Morgan fingerprint density at radius 2 is 1.76 bits per heavy atom. The highest BCUT2D eigenvalue weighted by atomic mass is 19.3. The number of rotatable bonds is 5. The molecule has 0 bridgehead atoms. The van der Waals surface area contributed by atoms with Crippen LogP contribution < -0.4 is 9.47 Å². The summed E-state index contributed by atoms with van der Waals surface area (Å²) >= 11 is 0. The molecule has 2 nitrogen and oxygen atoms in total. The summed E-state index contributed by atoms with van der Waals surface area (Å²) in [5, 5.41) is -1.07. The minimum absolute atomic E-state index is 0.180. The van der Waals surface area contributed by atoms with Crippen LogP contribution >= 0.6 is 0 Å². The second-order valence-electron chi connectivity index (χ2n) is 4.20. The molecule has 0 saturated heterocycles. The number of ether oxygens (including phenoxy) is 2. The van der Waals surface area contributed by atoms with E-state index in [4.69, 9.17) is 4.74 Å². The van der Waals surface area contributed by atoms with E-state index in [1.807, 2.05) is 0 Å². The van der Waals surface area contributed by atoms with E-state index in [9.17, 15) is 22.0 Å². The van der Waals surface area contributed by atoms with Gasteiger partial charge in [-0.1, -0.05) is 6.92 Å². The first-order valence-corrected chi connectivity index (χ1v) is 6.13. The van der Waals surface area contributed by atoms with Crippen LogP contribution in [0, 0.1) is 17.5 Å². The summed E-state index contributed by atoms with van der Waals surface area (Å²) in [6.07, 6.45) is 0.586. The van der Waals surface area contributed by atoms with Gasteiger partial charge in [-0.15, -0.1) is 0 Å². The van der Waals surface area contributed by atoms with E-state index in [1.54, 1.807) is 6.92 Å². The average Bonchev–Trinajstić information content (AvgIpc) is 2.42. The standard InChI is InChI=1S/C14H11F5O2/c1-2-5-20-9-4-3-7-10(21-14(18)19)6-8(15)12(16)11(7)13(9)17/h3-4,6,14H,2,5H2,1H3.